The standard InChI is InChI=1S/C15H13BrN2O2/c1-10-4-2-3-5-12(10)15(20)18-17-9-11-6-7-14(19)13(16)8-11/h2-9,19H,1H3,(H,18,20)/b17-9-. The van der Waals surface area contributed by atoms with Crippen molar-refractivity contribution in [1.82, 2.24) is 5.43 Å². The lowest BCUT2D eigenvalue weighted by molar-refractivity contribution is 0.0954. The van der Waals surface area contributed by atoms with Gasteiger partial charge in [-0.1, -0.05) is 18.2 Å². The van der Waals surface area contributed by atoms with Crippen LogP contribution in [0.2, 0.25) is 0 Å². The molecule has 0 unspecified atom stereocenters. The number of halogens is 1. The fraction of sp³-hybridized carbons (Fsp3) is 0.0667. The number of carbonyl (C=O) groups excluding carboxylic acids is 1. The van der Waals surface area contributed by atoms with Crippen molar-refractivity contribution in [2.75, 3.05) is 0 Å². The van der Waals surface area contributed by atoms with Gasteiger partial charge in [-0.3, -0.25) is 4.79 Å². The van der Waals surface area contributed by atoms with Crippen molar-refractivity contribution >= 4 is 28.1 Å². The normalized spacial score (nSPS) is 10.7. The summed E-state index contributed by atoms with van der Waals surface area (Å²) in [6.07, 6.45) is 1.51. The number of benzene rings is 2. The molecule has 0 saturated heterocycles. The highest BCUT2D eigenvalue weighted by Gasteiger charge is 2.06. The smallest absolute Gasteiger partial charge is 0.271 e. The number of nitrogens with zero attached hydrogens (tertiary/aromatic N) is 1. The maximum atomic E-state index is 11.9. The summed E-state index contributed by atoms with van der Waals surface area (Å²) in [6.45, 7) is 1.87. The van der Waals surface area contributed by atoms with Gasteiger partial charge >= 0.3 is 0 Å². The zero-order chi connectivity index (χ0) is 14.5. The number of amides is 1. The molecule has 0 aliphatic carbocycles. The lowest BCUT2D eigenvalue weighted by Gasteiger charge is -2.03. The molecule has 0 heterocycles. The van der Waals surface area contributed by atoms with Gasteiger partial charge in [-0.05, 0) is 58.2 Å². The molecule has 2 N–H and O–H groups in total. The molecule has 20 heavy (non-hydrogen) atoms. The molecule has 0 saturated carbocycles. The first kappa shape index (κ1) is 14.3. The number of hydrogen-bond donors (Lipinski definition) is 2. The molecule has 0 spiro atoms. The van der Waals surface area contributed by atoms with E-state index in [2.05, 4.69) is 26.5 Å². The molecule has 0 atom stereocenters. The van der Waals surface area contributed by atoms with E-state index in [1.807, 2.05) is 25.1 Å². The predicted octanol–water partition coefficient (Wildman–Crippen LogP) is 3.23. The second kappa shape index (κ2) is 6.34. The predicted molar refractivity (Wildman–Crippen MR) is 82.0 cm³/mol. The SMILES string of the molecule is Cc1ccccc1C(=O)N/N=C\c1ccc(O)c(Br)c1. The van der Waals surface area contributed by atoms with Crippen molar-refractivity contribution in [1.29, 1.82) is 0 Å². The van der Waals surface area contributed by atoms with Gasteiger partial charge in [0.1, 0.15) is 5.75 Å². The van der Waals surface area contributed by atoms with Gasteiger partial charge in [0.05, 0.1) is 10.7 Å². The molecule has 1 amide bonds. The first-order chi connectivity index (χ1) is 9.58. The minimum Gasteiger partial charge on any atom is -0.507 e. The Balaban J connectivity index is 2.05. The molecule has 2 rings (SSSR count). The number of carbonyl (C=O) groups is 1. The van der Waals surface area contributed by atoms with Crippen LogP contribution in [0.1, 0.15) is 21.5 Å². The lowest BCUT2D eigenvalue weighted by Crippen LogP contribution is -2.18. The van der Waals surface area contributed by atoms with Crippen LogP contribution in [0.4, 0.5) is 0 Å². The summed E-state index contributed by atoms with van der Waals surface area (Å²) in [4.78, 5) is 11.9. The molecule has 2 aromatic carbocycles. The van der Waals surface area contributed by atoms with E-state index in [9.17, 15) is 9.90 Å². The van der Waals surface area contributed by atoms with Crippen LogP contribution in [-0.2, 0) is 0 Å². The summed E-state index contributed by atoms with van der Waals surface area (Å²) in [5, 5.41) is 13.3. The minimum atomic E-state index is -0.253. The summed E-state index contributed by atoms with van der Waals surface area (Å²) >= 11 is 3.21. The topological polar surface area (TPSA) is 61.7 Å². The Morgan fingerprint density at radius 1 is 1.30 bits per heavy atom. The molecule has 0 aromatic heterocycles. The van der Waals surface area contributed by atoms with Crippen molar-refractivity contribution in [2.45, 2.75) is 6.92 Å². The number of phenolic OH excluding ortho intramolecular Hbond substituents is 1. The molecule has 0 aliphatic heterocycles. The number of phenols is 1. The van der Waals surface area contributed by atoms with Crippen LogP contribution in [0, 0.1) is 6.92 Å². The van der Waals surface area contributed by atoms with E-state index in [0.29, 0.717) is 10.0 Å². The Hall–Kier alpha value is -2.14. The fourth-order valence-electron chi connectivity index (χ4n) is 1.66. The molecular formula is C15H13BrN2O2. The third kappa shape index (κ3) is 3.45. The van der Waals surface area contributed by atoms with E-state index in [1.54, 1.807) is 24.3 Å². The van der Waals surface area contributed by atoms with Crippen LogP contribution in [0.3, 0.4) is 0 Å². The Morgan fingerprint density at radius 2 is 2.05 bits per heavy atom. The quantitative estimate of drug-likeness (QED) is 0.669. The highest BCUT2D eigenvalue weighted by molar-refractivity contribution is 9.10. The molecule has 5 heteroatoms. The molecule has 102 valence electrons. The second-order valence-corrected chi connectivity index (χ2v) is 5.08. The zero-order valence-electron chi connectivity index (χ0n) is 10.8. The van der Waals surface area contributed by atoms with Crippen LogP contribution < -0.4 is 5.43 Å². The molecule has 0 radical (unpaired) electrons. The number of aromatic hydroxyl groups is 1. The summed E-state index contributed by atoms with van der Waals surface area (Å²) in [5.41, 5.74) is 4.73. The molecule has 0 fully saturated rings. The van der Waals surface area contributed by atoms with Gasteiger partial charge in [0, 0.05) is 5.56 Å². The monoisotopic (exact) mass is 332 g/mol. The van der Waals surface area contributed by atoms with E-state index in [1.165, 1.54) is 6.21 Å². The van der Waals surface area contributed by atoms with Crippen LogP contribution >= 0.6 is 15.9 Å². The Bertz CT molecular complexity index is 669. The van der Waals surface area contributed by atoms with Crippen molar-refractivity contribution < 1.29 is 9.90 Å². The van der Waals surface area contributed by atoms with E-state index in [4.69, 9.17) is 0 Å². The third-order valence-corrected chi connectivity index (χ3v) is 3.38. The first-order valence-electron chi connectivity index (χ1n) is 5.95. The van der Waals surface area contributed by atoms with Crippen molar-refractivity contribution in [3.63, 3.8) is 0 Å². The largest absolute Gasteiger partial charge is 0.507 e. The van der Waals surface area contributed by atoms with Crippen LogP contribution in [0.15, 0.2) is 52.0 Å². The van der Waals surface area contributed by atoms with E-state index < -0.39 is 0 Å². The highest BCUT2D eigenvalue weighted by Crippen LogP contribution is 2.23. The van der Waals surface area contributed by atoms with Gasteiger partial charge in [0.2, 0.25) is 0 Å². The van der Waals surface area contributed by atoms with Gasteiger partial charge in [-0.15, -0.1) is 0 Å². The van der Waals surface area contributed by atoms with E-state index in [-0.39, 0.29) is 11.7 Å². The first-order valence-corrected chi connectivity index (χ1v) is 6.75. The maximum absolute atomic E-state index is 11.9. The van der Waals surface area contributed by atoms with Crippen LogP contribution in [-0.4, -0.2) is 17.2 Å². The van der Waals surface area contributed by atoms with E-state index >= 15 is 0 Å². The second-order valence-electron chi connectivity index (χ2n) is 4.22. The highest BCUT2D eigenvalue weighted by atomic mass is 79.9. The van der Waals surface area contributed by atoms with Gasteiger partial charge in [-0.25, -0.2) is 5.43 Å². The van der Waals surface area contributed by atoms with Gasteiger partial charge in [0.25, 0.3) is 5.91 Å². The van der Waals surface area contributed by atoms with Crippen molar-refractivity contribution in [2.24, 2.45) is 5.10 Å². The zero-order valence-corrected chi connectivity index (χ0v) is 12.4. The molecular weight excluding hydrogens is 320 g/mol. The average molecular weight is 333 g/mol. The third-order valence-electron chi connectivity index (χ3n) is 2.74. The van der Waals surface area contributed by atoms with Crippen LogP contribution in [0.5, 0.6) is 5.75 Å². The number of rotatable bonds is 3. The number of aryl methyl sites for hydroxylation is 1. The Kier molecular flexibility index (Phi) is 4.53. The summed E-state index contributed by atoms with van der Waals surface area (Å²) in [5.74, 6) is -0.0942. The van der Waals surface area contributed by atoms with Crippen molar-refractivity contribution in [3.8, 4) is 5.75 Å². The van der Waals surface area contributed by atoms with Gasteiger partial charge in [0.15, 0.2) is 0 Å². The number of nitrogens with one attached hydrogen (secondary N) is 1. The minimum absolute atomic E-state index is 0.158. The summed E-state index contributed by atoms with van der Waals surface area (Å²) in [7, 11) is 0. The lowest BCUT2D eigenvalue weighted by atomic mass is 10.1. The van der Waals surface area contributed by atoms with E-state index in [0.717, 1.165) is 11.1 Å². The Labute approximate surface area is 125 Å². The Morgan fingerprint density at radius 3 is 2.75 bits per heavy atom. The number of hydrogen-bond acceptors (Lipinski definition) is 3. The summed E-state index contributed by atoms with van der Waals surface area (Å²) in [6, 6.07) is 12.3. The average Bonchev–Trinajstić information content (AvgIpc) is 2.43. The molecule has 0 bridgehead atoms. The maximum Gasteiger partial charge on any atom is 0.271 e. The molecule has 4 nitrogen and oxygen atoms in total. The number of hydrazone groups is 1. The molecule has 2 aromatic rings. The van der Waals surface area contributed by atoms with Crippen LogP contribution in [0.25, 0.3) is 0 Å². The fourth-order valence-corrected chi connectivity index (χ4v) is 2.05. The van der Waals surface area contributed by atoms with Crippen molar-refractivity contribution in [3.05, 3.63) is 63.6 Å². The van der Waals surface area contributed by atoms with Gasteiger partial charge in [-0.2, -0.15) is 5.10 Å². The summed E-state index contributed by atoms with van der Waals surface area (Å²) < 4.78 is 0.576. The van der Waals surface area contributed by atoms with Gasteiger partial charge < -0.3 is 5.11 Å². The molecule has 0 aliphatic rings.